The highest BCUT2D eigenvalue weighted by molar-refractivity contribution is 5.89. The molecule has 0 fully saturated rings. The monoisotopic (exact) mass is 394 g/mol. The maximum atomic E-state index is 13.2. The minimum absolute atomic E-state index is 0.174. The van der Waals surface area contributed by atoms with Crippen LogP contribution < -0.4 is 10.3 Å². The summed E-state index contributed by atoms with van der Waals surface area (Å²) in [5.74, 6) is 0.756. The van der Waals surface area contributed by atoms with E-state index in [1.807, 2.05) is 18.2 Å². The van der Waals surface area contributed by atoms with Gasteiger partial charge in [-0.3, -0.25) is 9.59 Å². The molecule has 0 amide bonds. The lowest BCUT2D eigenvalue weighted by molar-refractivity contribution is -0.129. The summed E-state index contributed by atoms with van der Waals surface area (Å²) in [5, 5.41) is 11.2. The molecule has 3 heterocycles. The van der Waals surface area contributed by atoms with Crippen molar-refractivity contribution in [3.05, 3.63) is 56.9 Å². The third-order valence-corrected chi connectivity index (χ3v) is 5.50. The zero-order chi connectivity index (χ0) is 20.7. The highest BCUT2D eigenvalue weighted by Gasteiger charge is 2.28. The summed E-state index contributed by atoms with van der Waals surface area (Å²) < 4.78 is 11.8. The fourth-order valence-corrected chi connectivity index (χ4v) is 4.12. The molecule has 1 atom stereocenters. The molecule has 2 aromatic heterocycles. The van der Waals surface area contributed by atoms with Gasteiger partial charge in [-0.15, -0.1) is 0 Å². The lowest BCUT2D eigenvalue weighted by Crippen LogP contribution is -2.26. The summed E-state index contributed by atoms with van der Waals surface area (Å²) in [4.78, 5) is 28.6. The van der Waals surface area contributed by atoms with Crippen LogP contribution in [0.5, 0.6) is 5.75 Å². The molecule has 0 aliphatic carbocycles. The van der Waals surface area contributed by atoms with Gasteiger partial charge in [-0.2, -0.15) is 0 Å². The molecule has 0 spiro atoms. The minimum Gasteiger partial charge on any atom is -0.497 e. The van der Waals surface area contributed by atoms with Gasteiger partial charge in [0.1, 0.15) is 12.4 Å². The molecule has 0 saturated carbocycles. The van der Waals surface area contributed by atoms with E-state index in [0.29, 0.717) is 24.3 Å². The van der Waals surface area contributed by atoms with Gasteiger partial charge < -0.3 is 19.1 Å². The van der Waals surface area contributed by atoms with Gasteiger partial charge in [-0.25, -0.2) is 4.98 Å². The number of fused-ring (bicyclic) bond motifs is 4. The average Bonchev–Trinajstić information content (AvgIpc) is 3.09. The molecule has 0 bridgehead atoms. The Kier molecular flexibility index (Phi) is 4.84. The van der Waals surface area contributed by atoms with Crippen LogP contribution in [0.25, 0.3) is 22.3 Å². The Hall–Kier alpha value is -3.19. The minimum atomic E-state index is -0.877. The number of carbonyl (C=O) groups excluding carboxylic acids is 1. The predicted octanol–water partition coefficient (Wildman–Crippen LogP) is 2.72. The average molecular weight is 394 g/mol. The number of benzene rings is 1. The number of carbonyl (C=O) groups is 1. The van der Waals surface area contributed by atoms with Gasteiger partial charge >= 0.3 is 0 Å². The Morgan fingerprint density at radius 1 is 1.31 bits per heavy atom. The topological polar surface area (TPSA) is 90.7 Å². The molecular weight excluding hydrogens is 372 g/mol. The Labute approximate surface area is 167 Å². The van der Waals surface area contributed by atoms with Crippen LogP contribution in [-0.2, 0) is 29.1 Å². The maximum Gasteiger partial charge on any atom is 0.293 e. The first-order valence-electron chi connectivity index (χ1n) is 9.49. The summed E-state index contributed by atoms with van der Waals surface area (Å²) in [6, 6.07) is 7.53. The van der Waals surface area contributed by atoms with E-state index in [4.69, 9.17) is 14.5 Å². The summed E-state index contributed by atoms with van der Waals surface area (Å²) in [6.07, 6.45) is -0.0972. The molecule has 4 rings (SSSR count). The Balaban J connectivity index is 1.99. The van der Waals surface area contributed by atoms with Gasteiger partial charge in [0, 0.05) is 10.9 Å². The number of ether oxygens (including phenoxy) is 2. The van der Waals surface area contributed by atoms with E-state index >= 15 is 0 Å². The highest BCUT2D eigenvalue weighted by Crippen LogP contribution is 2.37. The van der Waals surface area contributed by atoms with Gasteiger partial charge in [0.2, 0.25) is 0 Å². The van der Waals surface area contributed by atoms with Gasteiger partial charge in [-0.05, 0) is 48.7 Å². The lowest BCUT2D eigenvalue weighted by Gasteiger charge is -2.14. The second kappa shape index (κ2) is 7.33. The quantitative estimate of drug-likeness (QED) is 0.506. The van der Waals surface area contributed by atoms with Crippen molar-refractivity contribution in [2.75, 3.05) is 7.11 Å². The second-order valence-electron chi connectivity index (χ2n) is 7.09. The van der Waals surface area contributed by atoms with Crippen LogP contribution in [0.3, 0.4) is 0 Å². The van der Waals surface area contributed by atoms with Crippen LogP contribution in [-0.4, -0.2) is 28.2 Å². The number of methoxy groups -OCH3 is 1. The van der Waals surface area contributed by atoms with Crippen LogP contribution in [0.15, 0.2) is 29.1 Å². The molecular formula is C22H22N2O5. The summed E-state index contributed by atoms with van der Waals surface area (Å²) in [6.45, 7) is 4.18. The smallest absolute Gasteiger partial charge is 0.293 e. The number of aryl methyl sites for hydroxylation is 1. The molecule has 3 aromatic rings. The van der Waals surface area contributed by atoms with E-state index in [1.165, 1.54) is 0 Å². The van der Waals surface area contributed by atoms with Crippen molar-refractivity contribution in [1.29, 1.82) is 0 Å². The fraction of sp³-hybridized carbons (Fsp3) is 0.318. The van der Waals surface area contributed by atoms with Crippen LogP contribution in [0.1, 0.15) is 42.2 Å². The molecule has 0 saturated heterocycles. The zero-order valence-electron chi connectivity index (χ0n) is 16.6. The Bertz CT molecular complexity index is 1180. The predicted molar refractivity (Wildman–Crippen MR) is 108 cm³/mol. The number of aliphatic hydroxyl groups is 1. The Morgan fingerprint density at radius 3 is 2.76 bits per heavy atom. The van der Waals surface area contributed by atoms with Crippen molar-refractivity contribution < 1.29 is 19.4 Å². The number of hydrogen-bond acceptors (Lipinski definition) is 6. The van der Waals surface area contributed by atoms with Crippen molar-refractivity contribution in [3.63, 3.8) is 0 Å². The van der Waals surface area contributed by atoms with E-state index < -0.39 is 6.10 Å². The normalized spacial score (nSPS) is 13.1. The molecule has 1 unspecified atom stereocenters. The SMILES string of the molecule is CCc1c2c(nc3ccc(OC)cc13)-c1cc(C(C)O)c(COC=O)c(=O)n1C2. The van der Waals surface area contributed by atoms with Crippen molar-refractivity contribution in [2.24, 2.45) is 0 Å². The van der Waals surface area contributed by atoms with Crippen molar-refractivity contribution in [1.82, 2.24) is 9.55 Å². The molecule has 1 aliphatic heterocycles. The van der Waals surface area contributed by atoms with Crippen molar-refractivity contribution >= 4 is 17.4 Å². The lowest BCUT2D eigenvalue weighted by atomic mass is 9.98. The molecule has 1 aromatic carbocycles. The number of pyridine rings is 2. The van der Waals surface area contributed by atoms with Gasteiger partial charge in [0.25, 0.3) is 12.0 Å². The van der Waals surface area contributed by atoms with Crippen LogP contribution in [0.4, 0.5) is 0 Å². The molecule has 150 valence electrons. The summed E-state index contributed by atoms with van der Waals surface area (Å²) >= 11 is 0. The number of aromatic nitrogens is 2. The van der Waals surface area contributed by atoms with Gasteiger partial charge in [0.15, 0.2) is 0 Å². The van der Waals surface area contributed by atoms with Crippen LogP contribution in [0.2, 0.25) is 0 Å². The summed E-state index contributed by atoms with van der Waals surface area (Å²) in [5.41, 5.74) is 4.82. The van der Waals surface area contributed by atoms with E-state index in [-0.39, 0.29) is 17.7 Å². The van der Waals surface area contributed by atoms with Crippen LogP contribution >= 0.6 is 0 Å². The van der Waals surface area contributed by atoms with Gasteiger partial charge in [0.05, 0.1) is 42.2 Å². The first kappa shape index (κ1) is 19.1. The number of rotatable bonds is 6. The number of aliphatic hydroxyl groups excluding tert-OH is 1. The molecule has 0 radical (unpaired) electrons. The summed E-state index contributed by atoms with van der Waals surface area (Å²) in [7, 11) is 1.63. The van der Waals surface area contributed by atoms with Gasteiger partial charge in [-0.1, -0.05) is 6.92 Å². The molecule has 29 heavy (non-hydrogen) atoms. The first-order chi connectivity index (χ1) is 14.0. The second-order valence-corrected chi connectivity index (χ2v) is 7.09. The molecule has 7 heteroatoms. The van der Waals surface area contributed by atoms with E-state index in [0.717, 1.165) is 39.9 Å². The molecule has 1 N–H and O–H groups in total. The van der Waals surface area contributed by atoms with Crippen molar-refractivity contribution in [3.8, 4) is 17.1 Å². The third-order valence-electron chi connectivity index (χ3n) is 5.50. The maximum absolute atomic E-state index is 13.2. The first-order valence-corrected chi connectivity index (χ1v) is 9.49. The van der Waals surface area contributed by atoms with E-state index in [1.54, 1.807) is 24.7 Å². The highest BCUT2D eigenvalue weighted by atomic mass is 16.5. The molecule has 7 nitrogen and oxygen atoms in total. The largest absolute Gasteiger partial charge is 0.497 e. The standard InChI is InChI=1S/C22H22N2O5/c1-4-14-16-7-13(28-3)5-6-19(16)23-21-17(14)9-24-20(21)8-15(12(2)26)18(22(24)27)10-29-11-25/h5-8,11-12,26H,4,9-10H2,1-3H3. The van der Waals surface area contributed by atoms with Crippen LogP contribution in [0, 0.1) is 0 Å². The van der Waals surface area contributed by atoms with E-state index in [9.17, 15) is 14.7 Å². The number of nitrogens with zero attached hydrogens (tertiary/aromatic N) is 2. The Morgan fingerprint density at radius 2 is 2.10 bits per heavy atom. The zero-order valence-corrected chi connectivity index (χ0v) is 16.6. The molecule has 1 aliphatic rings. The van der Waals surface area contributed by atoms with Crippen molar-refractivity contribution in [2.45, 2.75) is 39.5 Å². The number of hydrogen-bond donors (Lipinski definition) is 1. The van der Waals surface area contributed by atoms with E-state index in [2.05, 4.69) is 6.92 Å². The fourth-order valence-electron chi connectivity index (χ4n) is 4.12. The third kappa shape index (κ3) is 2.98.